The zero-order chi connectivity index (χ0) is 16.8. The minimum atomic E-state index is 0.0151. The van der Waals surface area contributed by atoms with Crippen molar-refractivity contribution in [3.8, 4) is 5.75 Å². The molecule has 0 aliphatic carbocycles. The molecule has 0 saturated carbocycles. The second kappa shape index (κ2) is 8.19. The first-order chi connectivity index (χ1) is 11.7. The van der Waals surface area contributed by atoms with Gasteiger partial charge in [-0.15, -0.1) is 5.10 Å². The van der Waals surface area contributed by atoms with Gasteiger partial charge in [-0.1, -0.05) is 36.9 Å². The Bertz CT molecular complexity index is 689. The number of benzene rings is 1. The molecule has 1 aliphatic rings. The lowest BCUT2D eigenvalue weighted by Crippen LogP contribution is -2.31. The minimum absolute atomic E-state index is 0.0151. The first-order valence-corrected chi connectivity index (χ1v) is 9.24. The Morgan fingerprint density at radius 2 is 2.33 bits per heavy atom. The fraction of sp³-hybridized carbons (Fsp3) is 0.471. The highest BCUT2D eigenvalue weighted by atomic mass is 32.2. The molecule has 3 rings (SSSR count). The van der Waals surface area contributed by atoms with E-state index in [0.29, 0.717) is 30.0 Å². The smallest absolute Gasteiger partial charge is 0.230 e. The number of nitrogens with one attached hydrogen (secondary N) is 2. The van der Waals surface area contributed by atoms with E-state index < -0.39 is 0 Å². The predicted molar refractivity (Wildman–Crippen MR) is 93.2 cm³/mol. The number of aromatic nitrogens is 3. The Morgan fingerprint density at radius 1 is 1.46 bits per heavy atom. The molecule has 1 amide bonds. The van der Waals surface area contributed by atoms with Gasteiger partial charge in [0, 0.05) is 13.0 Å². The van der Waals surface area contributed by atoms with Crippen LogP contribution in [-0.4, -0.2) is 40.0 Å². The molecule has 128 valence electrons. The molecule has 6 nitrogen and oxygen atoms in total. The average Bonchev–Trinajstić information content (AvgIpc) is 2.97. The maximum Gasteiger partial charge on any atom is 0.230 e. The van der Waals surface area contributed by atoms with Crippen LogP contribution in [0.25, 0.3) is 0 Å². The average molecular weight is 346 g/mol. The van der Waals surface area contributed by atoms with Crippen molar-refractivity contribution in [3.63, 3.8) is 0 Å². The Hall–Kier alpha value is -2.02. The van der Waals surface area contributed by atoms with Gasteiger partial charge in [-0.25, -0.2) is 4.98 Å². The standard InChI is InChI=1S/C17H22N4O2S/c1-2-15-19-17(21-20-15)24-11-16(22)18-10-12-7-8-23-14-6-4-3-5-13(14)9-12/h3-6,12H,2,7-11H2,1H3,(H,18,22)(H,19,20,21). The fourth-order valence-corrected chi connectivity index (χ4v) is 3.32. The SMILES string of the molecule is CCc1nc(SCC(=O)NCC2CCOc3ccccc3C2)n[nH]1. The van der Waals surface area contributed by atoms with Crippen LogP contribution >= 0.6 is 11.8 Å². The number of fused-ring (bicyclic) bond motifs is 1. The van der Waals surface area contributed by atoms with E-state index in [1.807, 2.05) is 25.1 Å². The Balaban J connectivity index is 1.44. The number of H-pyrrole nitrogens is 1. The van der Waals surface area contributed by atoms with E-state index in [-0.39, 0.29) is 5.91 Å². The van der Waals surface area contributed by atoms with Crippen molar-refractivity contribution >= 4 is 17.7 Å². The molecular formula is C17H22N4O2S. The second-order valence-corrected chi connectivity index (χ2v) is 6.77. The maximum atomic E-state index is 12.0. The number of thioether (sulfide) groups is 1. The summed E-state index contributed by atoms with van der Waals surface area (Å²) < 4.78 is 5.77. The van der Waals surface area contributed by atoms with Gasteiger partial charge in [0.05, 0.1) is 12.4 Å². The molecule has 1 aromatic heterocycles. The van der Waals surface area contributed by atoms with Crippen molar-refractivity contribution in [1.82, 2.24) is 20.5 Å². The molecule has 2 heterocycles. The van der Waals surface area contributed by atoms with Gasteiger partial charge in [0.15, 0.2) is 0 Å². The first-order valence-electron chi connectivity index (χ1n) is 8.26. The number of carbonyl (C=O) groups is 1. The van der Waals surface area contributed by atoms with Gasteiger partial charge in [-0.3, -0.25) is 9.89 Å². The van der Waals surface area contributed by atoms with Crippen molar-refractivity contribution in [3.05, 3.63) is 35.7 Å². The number of aryl methyl sites for hydroxylation is 1. The normalized spacial score (nSPS) is 16.8. The number of ether oxygens (including phenoxy) is 1. The monoisotopic (exact) mass is 346 g/mol. The van der Waals surface area contributed by atoms with Crippen LogP contribution in [0.4, 0.5) is 0 Å². The quantitative estimate of drug-likeness (QED) is 0.784. The van der Waals surface area contributed by atoms with Crippen LogP contribution in [0.15, 0.2) is 29.4 Å². The summed E-state index contributed by atoms with van der Waals surface area (Å²) in [5.74, 6) is 2.56. The van der Waals surface area contributed by atoms with Crippen LogP contribution in [0.2, 0.25) is 0 Å². The van der Waals surface area contributed by atoms with Crippen molar-refractivity contribution in [2.24, 2.45) is 5.92 Å². The third kappa shape index (κ3) is 4.50. The van der Waals surface area contributed by atoms with Crippen LogP contribution in [0, 0.1) is 5.92 Å². The molecule has 7 heteroatoms. The molecule has 24 heavy (non-hydrogen) atoms. The van der Waals surface area contributed by atoms with Gasteiger partial charge in [0.2, 0.25) is 11.1 Å². The molecule has 1 aliphatic heterocycles. The maximum absolute atomic E-state index is 12.0. The Kier molecular flexibility index (Phi) is 5.74. The number of carbonyl (C=O) groups excluding carboxylic acids is 1. The number of para-hydroxylation sites is 1. The van der Waals surface area contributed by atoms with E-state index in [4.69, 9.17) is 4.74 Å². The third-order valence-corrected chi connectivity index (χ3v) is 4.88. The third-order valence-electron chi connectivity index (χ3n) is 4.03. The topological polar surface area (TPSA) is 79.9 Å². The number of aromatic amines is 1. The largest absolute Gasteiger partial charge is 0.493 e. The van der Waals surface area contributed by atoms with Crippen molar-refractivity contribution in [1.29, 1.82) is 0 Å². The summed E-state index contributed by atoms with van der Waals surface area (Å²) in [7, 11) is 0. The minimum Gasteiger partial charge on any atom is -0.493 e. The molecule has 0 radical (unpaired) electrons. The molecule has 2 aromatic rings. The van der Waals surface area contributed by atoms with Crippen molar-refractivity contribution < 1.29 is 9.53 Å². The lowest BCUT2D eigenvalue weighted by Gasteiger charge is -2.14. The fourth-order valence-electron chi connectivity index (χ4n) is 2.68. The van der Waals surface area contributed by atoms with Gasteiger partial charge in [0.1, 0.15) is 11.6 Å². The van der Waals surface area contributed by atoms with E-state index in [0.717, 1.165) is 30.8 Å². The first kappa shape index (κ1) is 16.8. The Labute approximate surface area is 145 Å². The van der Waals surface area contributed by atoms with Crippen LogP contribution in [-0.2, 0) is 17.6 Å². The summed E-state index contributed by atoms with van der Waals surface area (Å²) >= 11 is 1.35. The summed E-state index contributed by atoms with van der Waals surface area (Å²) in [6.07, 6.45) is 2.69. The molecule has 2 N–H and O–H groups in total. The Morgan fingerprint density at radius 3 is 3.17 bits per heavy atom. The van der Waals surface area contributed by atoms with Crippen LogP contribution in [0.1, 0.15) is 24.7 Å². The lowest BCUT2D eigenvalue weighted by atomic mass is 9.97. The number of amides is 1. The molecule has 1 unspecified atom stereocenters. The van der Waals surface area contributed by atoms with Gasteiger partial charge in [-0.2, -0.15) is 0 Å². The van der Waals surface area contributed by atoms with Crippen LogP contribution in [0.3, 0.4) is 0 Å². The van der Waals surface area contributed by atoms with Gasteiger partial charge in [0.25, 0.3) is 0 Å². The highest BCUT2D eigenvalue weighted by Crippen LogP contribution is 2.26. The molecule has 0 bridgehead atoms. The van der Waals surface area contributed by atoms with E-state index in [1.54, 1.807) is 0 Å². The van der Waals surface area contributed by atoms with Crippen molar-refractivity contribution in [2.45, 2.75) is 31.3 Å². The summed E-state index contributed by atoms with van der Waals surface area (Å²) in [5, 5.41) is 10.6. The summed E-state index contributed by atoms with van der Waals surface area (Å²) in [6.45, 7) is 3.38. The van der Waals surface area contributed by atoms with Crippen molar-refractivity contribution in [2.75, 3.05) is 18.9 Å². The number of nitrogens with zero attached hydrogens (tertiary/aromatic N) is 2. The van der Waals surface area contributed by atoms with Gasteiger partial charge in [-0.05, 0) is 30.4 Å². The van der Waals surface area contributed by atoms with E-state index in [2.05, 4.69) is 26.6 Å². The van der Waals surface area contributed by atoms with E-state index in [1.165, 1.54) is 17.3 Å². The lowest BCUT2D eigenvalue weighted by molar-refractivity contribution is -0.118. The van der Waals surface area contributed by atoms with Crippen LogP contribution in [0.5, 0.6) is 5.75 Å². The number of hydrogen-bond acceptors (Lipinski definition) is 5. The van der Waals surface area contributed by atoms with Gasteiger partial charge < -0.3 is 10.1 Å². The molecule has 0 spiro atoms. The highest BCUT2D eigenvalue weighted by Gasteiger charge is 2.18. The van der Waals surface area contributed by atoms with Crippen LogP contribution < -0.4 is 10.1 Å². The summed E-state index contributed by atoms with van der Waals surface area (Å²) in [4.78, 5) is 16.3. The van der Waals surface area contributed by atoms with E-state index >= 15 is 0 Å². The second-order valence-electron chi connectivity index (χ2n) is 5.83. The molecule has 1 atom stereocenters. The number of hydrogen-bond donors (Lipinski definition) is 2. The molecule has 0 fully saturated rings. The predicted octanol–water partition coefficient (Wildman–Crippen LogP) is 2.22. The zero-order valence-corrected chi connectivity index (χ0v) is 14.6. The number of rotatable bonds is 6. The van der Waals surface area contributed by atoms with E-state index in [9.17, 15) is 4.79 Å². The summed E-state index contributed by atoms with van der Waals surface area (Å²) in [6, 6.07) is 8.13. The summed E-state index contributed by atoms with van der Waals surface area (Å²) in [5.41, 5.74) is 1.22. The molecule has 1 aromatic carbocycles. The van der Waals surface area contributed by atoms with Gasteiger partial charge >= 0.3 is 0 Å². The molecular weight excluding hydrogens is 324 g/mol. The highest BCUT2D eigenvalue weighted by molar-refractivity contribution is 7.99. The molecule has 0 saturated heterocycles. The zero-order valence-electron chi connectivity index (χ0n) is 13.7.